The highest BCUT2D eigenvalue weighted by atomic mass is 19.3. The molecule has 1 aromatic carbocycles. The number of rotatable bonds is 12. The SMILES string of the molecule is CC(C)Oc1cc2nc(C3CCC(CN(C)C4CCN(Cc5ccc6c(c5)n(C)c(=O)n6C5CCC(=O)NC5=O)CC4)CC3)cn2cc1C(=O)Nc1cccc(C(F)F)n1. The molecule has 8 rings (SSSR count). The average molecular weight is 826 g/mol. The highest BCUT2D eigenvalue weighted by molar-refractivity contribution is 6.06. The molecule has 16 heteroatoms. The number of hydrogen-bond donors (Lipinski definition) is 2. The lowest BCUT2D eigenvalue weighted by molar-refractivity contribution is -0.135. The number of aromatic nitrogens is 5. The van der Waals surface area contributed by atoms with Crippen molar-refractivity contribution in [2.45, 2.75) is 102 Å². The summed E-state index contributed by atoms with van der Waals surface area (Å²) in [7, 11) is 3.99. The molecule has 4 aromatic heterocycles. The number of anilines is 1. The van der Waals surface area contributed by atoms with Gasteiger partial charge in [0.2, 0.25) is 11.8 Å². The fourth-order valence-corrected chi connectivity index (χ4v) is 9.29. The molecule has 3 amide bonds. The Morgan fingerprint density at radius 1 is 0.967 bits per heavy atom. The van der Waals surface area contributed by atoms with E-state index in [-0.39, 0.29) is 35.5 Å². The highest BCUT2D eigenvalue weighted by Crippen LogP contribution is 2.37. The number of nitrogens with zero attached hydrogens (tertiary/aromatic N) is 7. The van der Waals surface area contributed by atoms with Crippen LogP contribution in [-0.2, 0) is 23.2 Å². The van der Waals surface area contributed by atoms with Gasteiger partial charge in [0.05, 0.1) is 28.4 Å². The third kappa shape index (κ3) is 8.71. The molecule has 1 aliphatic carbocycles. The molecular weight excluding hydrogens is 773 g/mol. The van der Waals surface area contributed by atoms with Gasteiger partial charge in [0.15, 0.2) is 0 Å². The zero-order chi connectivity index (χ0) is 42.2. The summed E-state index contributed by atoms with van der Waals surface area (Å²) >= 11 is 0. The first-order valence-electron chi connectivity index (χ1n) is 21.0. The number of pyridine rings is 2. The molecule has 0 spiro atoms. The zero-order valence-corrected chi connectivity index (χ0v) is 34.6. The number of aryl methyl sites for hydroxylation is 1. The maximum atomic E-state index is 13.4. The van der Waals surface area contributed by atoms with E-state index in [4.69, 9.17) is 9.72 Å². The minimum absolute atomic E-state index is 0.0380. The fourth-order valence-electron chi connectivity index (χ4n) is 9.29. The van der Waals surface area contributed by atoms with Crippen LogP contribution in [0.5, 0.6) is 5.75 Å². The monoisotopic (exact) mass is 825 g/mol. The molecule has 6 heterocycles. The van der Waals surface area contributed by atoms with E-state index in [1.54, 1.807) is 23.9 Å². The molecule has 1 unspecified atom stereocenters. The number of fused-ring (bicyclic) bond motifs is 2. The number of imide groups is 1. The van der Waals surface area contributed by atoms with Crippen molar-refractivity contribution >= 4 is 40.2 Å². The molecule has 2 saturated heterocycles. The van der Waals surface area contributed by atoms with Crippen LogP contribution in [0.1, 0.15) is 111 Å². The summed E-state index contributed by atoms with van der Waals surface area (Å²) in [4.78, 5) is 64.8. The molecule has 2 aliphatic heterocycles. The maximum absolute atomic E-state index is 13.4. The maximum Gasteiger partial charge on any atom is 0.329 e. The second-order valence-corrected chi connectivity index (χ2v) is 17.0. The minimum atomic E-state index is -2.75. The van der Waals surface area contributed by atoms with Crippen molar-refractivity contribution < 1.29 is 27.9 Å². The summed E-state index contributed by atoms with van der Waals surface area (Å²) in [5, 5.41) is 5.02. The van der Waals surface area contributed by atoms with E-state index in [1.807, 2.05) is 36.6 Å². The zero-order valence-electron chi connectivity index (χ0n) is 34.6. The predicted molar refractivity (Wildman–Crippen MR) is 222 cm³/mol. The van der Waals surface area contributed by atoms with Crippen molar-refractivity contribution in [3.8, 4) is 5.75 Å². The average Bonchev–Trinajstić information content (AvgIpc) is 3.75. The first-order chi connectivity index (χ1) is 28.8. The van der Waals surface area contributed by atoms with Gasteiger partial charge in [-0.25, -0.2) is 23.5 Å². The van der Waals surface area contributed by atoms with E-state index >= 15 is 0 Å². The van der Waals surface area contributed by atoms with Gasteiger partial charge in [-0.1, -0.05) is 12.1 Å². The molecular formula is C44H53F2N9O5. The molecule has 2 N–H and O–H groups in total. The van der Waals surface area contributed by atoms with Gasteiger partial charge in [-0.05, 0) is 115 Å². The van der Waals surface area contributed by atoms with E-state index < -0.39 is 30.0 Å². The lowest BCUT2D eigenvalue weighted by Gasteiger charge is -2.39. The topological polar surface area (TPSA) is 148 Å². The van der Waals surface area contributed by atoms with Crippen LogP contribution in [0.25, 0.3) is 16.7 Å². The van der Waals surface area contributed by atoms with E-state index in [9.17, 15) is 28.0 Å². The van der Waals surface area contributed by atoms with Crippen LogP contribution in [0.4, 0.5) is 14.6 Å². The van der Waals surface area contributed by atoms with Crippen molar-refractivity contribution in [3.63, 3.8) is 0 Å². The Balaban J connectivity index is 0.840. The molecule has 60 heavy (non-hydrogen) atoms. The molecule has 0 radical (unpaired) electrons. The van der Waals surface area contributed by atoms with Crippen LogP contribution in [0.2, 0.25) is 0 Å². The number of amides is 3. The summed E-state index contributed by atoms with van der Waals surface area (Å²) < 4.78 is 37.4. The number of halogens is 2. The molecule has 14 nitrogen and oxygen atoms in total. The van der Waals surface area contributed by atoms with Gasteiger partial charge in [-0.15, -0.1) is 0 Å². The van der Waals surface area contributed by atoms with E-state index in [1.165, 1.54) is 22.8 Å². The Morgan fingerprint density at radius 2 is 1.73 bits per heavy atom. The number of piperidine rings is 2. The standard InChI is InChI=1S/C44H53F2N9O5/c1-26(2)60-37-21-39-48-33(25-54(39)24-31(37)42(57)49-38-7-5-6-32(47-38)41(45)46)29-11-8-27(9-12-29)22-51(3)30-16-18-53(19-17-30)23-28-10-13-34-36(20-28)52(4)44(59)55(34)35-14-15-40(56)50-43(35)58/h5-7,10,13,20-21,24-27,29-30,35,41H,8-9,11-12,14-19,22-23H2,1-4H3,(H,47,49,57)(H,50,56,58). The lowest BCUT2D eigenvalue weighted by Crippen LogP contribution is -2.44. The van der Waals surface area contributed by atoms with Crippen molar-refractivity contribution in [2.24, 2.45) is 13.0 Å². The summed E-state index contributed by atoms with van der Waals surface area (Å²) in [6.07, 6.45) is 7.70. The van der Waals surface area contributed by atoms with Gasteiger partial charge in [-0.3, -0.25) is 33.7 Å². The third-order valence-electron chi connectivity index (χ3n) is 12.5. The number of nitrogens with one attached hydrogen (secondary N) is 2. The van der Waals surface area contributed by atoms with Crippen molar-refractivity contribution in [3.05, 3.63) is 87.9 Å². The number of benzene rings is 1. The van der Waals surface area contributed by atoms with Gasteiger partial charge < -0.3 is 19.4 Å². The molecule has 0 bridgehead atoms. The van der Waals surface area contributed by atoms with Crippen LogP contribution in [0.3, 0.4) is 0 Å². The van der Waals surface area contributed by atoms with Gasteiger partial charge in [0.1, 0.15) is 29.0 Å². The molecule has 1 atom stereocenters. The molecule has 5 aromatic rings. The Bertz CT molecular complexity index is 2460. The second kappa shape index (κ2) is 17.2. The second-order valence-electron chi connectivity index (χ2n) is 17.0. The fraction of sp³-hybridized carbons (Fsp3) is 0.500. The first-order valence-corrected chi connectivity index (χ1v) is 21.0. The van der Waals surface area contributed by atoms with Gasteiger partial charge in [0.25, 0.3) is 12.3 Å². The molecule has 318 valence electrons. The predicted octanol–water partition coefficient (Wildman–Crippen LogP) is 6.21. The third-order valence-corrected chi connectivity index (χ3v) is 12.5. The summed E-state index contributed by atoms with van der Waals surface area (Å²) in [6, 6.07) is 11.7. The number of carbonyl (C=O) groups is 3. The number of alkyl halides is 2. The Kier molecular flexibility index (Phi) is 11.9. The van der Waals surface area contributed by atoms with E-state index in [0.717, 1.165) is 81.5 Å². The number of hydrogen-bond acceptors (Lipinski definition) is 9. The number of carbonyl (C=O) groups excluding carboxylic acids is 3. The van der Waals surface area contributed by atoms with Crippen LogP contribution < -0.4 is 21.1 Å². The summed E-state index contributed by atoms with van der Waals surface area (Å²) in [6.45, 7) is 7.56. The van der Waals surface area contributed by atoms with Crippen molar-refractivity contribution in [2.75, 3.05) is 32.0 Å². The molecule has 3 fully saturated rings. The largest absolute Gasteiger partial charge is 0.490 e. The smallest absolute Gasteiger partial charge is 0.329 e. The number of likely N-dealkylation sites (tertiary alicyclic amines) is 1. The highest BCUT2D eigenvalue weighted by Gasteiger charge is 2.32. The van der Waals surface area contributed by atoms with Crippen molar-refractivity contribution in [1.29, 1.82) is 0 Å². The Morgan fingerprint density at radius 3 is 2.45 bits per heavy atom. The Hall–Kier alpha value is -5.48. The van der Waals surface area contributed by atoms with Gasteiger partial charge in [-0.2, -0.15) is 0 Å². The molecule has 1 saturated carbocycles. The minimum Gasteiger partial charge on any atom is -0.490 e. The van der Waals surface area contributed by atoms with Crippen molar-refractivity contribution in [1.82, 2.24) is 38.6 Å². The first kappa shape index (κ1) is 41.3. The lowest BCUT2D eigenvalue weighted by atomic mass is 9.80. The van der Waals surface area contributed by atoms with Gasteiger partial charge in [0, 0.05) is 57.0 Å². The Labute approximate surface area is 346 Å². The van der Waals surface area contributed by atoms with E-state index in [0.29, 0.717) is 41.2 Å². The molecule has 3 aliphatic rings. The van der Waals surface area contributed by atoms with Crippen LogP contribution in [0.15, 0.2) is 59.7 Å². The van der Waals surface area contributed by atoms with E-state index in [2.05, 4.69) is 38.5 Å². The quantitative estimate of drug-likeness (QED) is 0.140. The van der Waals surface area contributed by atoms with Crippen LogP contribution >= 0.6 is 0 Å². The summed E-state index contributed by atoms with van der Waals surface area (Å²) in [5.41, 5.74) is 3.87. The van der Waals surface area contributed by atoms with Crippen LogP contribution in [0, 0.1) is 5.92 Å². The van der Waals surface area contributed by atoms with Gasteiger partial charge >= 0.3 is 5.69 Å². The number of ether oxygens (including phenoxy) is 1. The normalized spacial score (nSPS) is 20.8. The number of imidazole rings is 2. The summed E-state index contributed by atoms with van der Waals surface area (Å²) in [5.74, 6) is 0.0691. The van der Waals surface area contributed by atoms with Crippen LogP contribution in [-0.4, -0.2) is 89.9 Å².